The highest BCUT2D eigenvalue weighted by Gasteiger charge is 2.14. The van der Waals surface area contributed by atoms with Crippen LogP contribution in [0.5, 0.6) is 0 Å². The van der Waals surface area contributed by atoms with Crippen LogP contribution in [-0.2, 0) is 0 Å². The lowest BCUT2D eigenvalue weighted by Gasteiger charge is -2.06. The van der Waals surface area contributed by atoms with E-state index >= 15 is 0 Å². The molecule has 0 atom stereocenters. The van der Waals surface area contributed by atoms with Crippen molar-refractivity contribution in [1.29, 1.82) is 0 Å². The average molecular weight is 246 g/mol. The number of rotatable bonds is 3. The van der Waals surface area contributed by atoms with E-state index in [-0.39, 0.29) is 11.1 Å². The standard InChI is InChI=1S/C11H10N4O3/c12-7-1-2-9(8(3-7)11(17)18)15-5-6(4-14-15)10(13)16/h1-5H,12H2,(H2,13,16)(H,17,18). The monoisotopic (exact) mass is 246 g/mol. The summed E-state index contributed by atoms with van der Waals surface area (Å²) in [5.41, 5.74) is 11.5. The SMILES string of the molecule is NC(=O)c1cnn(-c2ccc(N)cc2C(=O)O)c1. The number of hydrogen-bond donors (Lipinski definition) is 3. The third-order valence-corrected chi connectivity index (χ3v) is 2.36. The summed E-state index contributed by atoms with van der Waals surface area (Å²) in [5, 5.41) is 13.0. The molecule has 0 aliphatic carbocycles. The van der Waals surface area contributed by atoms with E-state index in [0.29, 0.717) is 11.4 Å². The van der Waals surface area contributed by atoms with Crippen molar-refractivity contribution in [1.82, 2.24) is 9.78 Å². The quantitative estimate of drug-likeness (QED) is 0.669. The molecular formula is C11H10N4O3. The molecule has 92 valence electrons. The van der Waals surface area contributed by atoms with Gasteiger partial charge in [0.05, 0.1) is 23.0 Å². The molecule has 2 rings (SSSR count). The zero-order valence-corrected chi connectivity index (χ0v) is 9.20. The number of aromatic nitrogens is 2. The number of carbonyl (C=O) groups is 2. The zero-order chi connectivity index (χ0) is 13.3. The first-order valence-electron chi connectivity index (χ1n) is 4.96. The summed E-state index contributed by atoms with van der Waals surface area (Å²) >= 11 is 0. The minimum absolute atomic E-state index is 0.00544. The number of amides is 1. The van der Waals surface area contributed by atoms with Gasteiger partial charge in [-0.05, 0) is 18.2 Å². The van der Waals surface area contributed by atoms with Crippen molar-refractivity contribution in [2.75, 3.05) is 5.73 Å². The maximum Gasteiger partial charge on any atom is 0.337 e. The van der Waals surface area contributed by atoms with Crippen LogP contribution < -0.4 is 11.5 Å². The van der Waals surface area contributed by atoms with E-state index in [4.69, 9.17) is 16.6 Å². The number of nitrogens with two attached hydrogens (primary N) is 2. The minimum atomic E-state index is -1.13. The first-order chi connectivity index (χ1) is 8.49. The maximum absolute atomic E-state index is 11.1. The Morgan fingerprint density at radius 3 is 2.61 bits per heavy atom. The number of nitrogens with zero attached hydrogens (tertiary/aromatic N) is 2. The van der Waals surface area contributed by atoms with Gasteiger partial charge in [0.2, 0.25) is 0 Å². The third kappa shape index (κ3) is 2.01. The van der Waals surface area contributed by atoms with Crippen LogP contribution in [0.4, 0.5) is 5.69 Å². The molecule has 0 aliphatic heterocycles. The molecular weight excluding hydrogens is 236 g/mol. The van der Waals surface area contributed by atoms with E-state index in [1.54, 1.807) is 6.07 Å². The molecule has 1 aromatic carbocycles. The van der Waals surface area contributed by atoms with Crippen molar-refractivity contribution in [2.24, 2.45) is 5.73 Å². The van der Waals surface area contributed by atoms with Crippen molar-refractivity contribution in [3.8, 4) is 5.69 Å². The Kier molecular flexibility index (Phi) is 2.72. The Labute approximate surface area is 102 Å². The Hall–Kier alpha value is -2.83. The molecule has 0 radical (unpaired) electrons. The highest BCUT2D eigenvalue weighted by molar-refractivity contribution is 5.94. The Bertz CT molecular complexity index is 633. The van der Waals surface area contributed by atoms with Crippen LogP contribution in [0, 0.1) is 0 Å². The number of benzene rings is 1. The van der Waals surface area contributed by atoms with E-state index in [0.717, 1.165) is 0 Å². The number of hydrogen-bond acceptors (Lipinski definition) is 4. The number of carboxylic acids is 1. The fourth-order valence-corrected chi connectivity index (χ4v) is 1.51. The Morgan fingerprint density at radius 1 is 1.33 bits per heavy atom. The van der Waals surface area contributed by atoms with Crippen molar-refractivity contribution in [2.45, 2.75) is 0 Å². The maximum atomic E-state index is 11.1. The smallest absolute Gasteiger partial charge is 0.337 e. The molecule has 0 saturated carbocycles. The average Bonchev–Trinajstić information content (AvgIpc) is 2.78. The van der Waals surface area contributed by atoms with Crippen molar-refractivity contribution in [3.05, 3.63) is 41.7 Å². The fourth-order valence-electron chi connectivity index (χ4n) is 1.51. The lowest BCUT2D eigenvalue weighted by atomic mass is 10.1. The highest BCUT2D eigenvalue weighted by Crippen LogP contribution is 2.18. The van der Waals surface area contributed by atoms with Gasteiger partial charge in [-0.25, -0.2) is 9.48 Å². The zero-order valence-electron chi connectivity index (χ0n) is 9.20. The van der Waals surface area contributed by atoms with Gasteiger partial charge in [-0.2, -0.15) is 5.10 Å². The third-order valence-electron chi connectivity index (χ3n) is 2.36. The summed E-state index contributed by atoms with van der Waals surface area (Å²) in [6.45, 7) is 0. The normalized spacial score (nSPS) is 10.2. The van der Waals surface area contributed by atoms with E-state index in [2.05, 4.69) is 5.10 Å². The van der Waals surface area contributed by atoms with E-state index in [1.165, 1.54) is 29.2 Å². The number of aromatic carboxylic acids is 1. The van der Waals surface area contributed by atoms with Crippen LogP contribution in [0.3, 0.4) is 0 Å². The number of carboxylic acid groups (broad SMARTS) is 1. The summed E-state index contributed by atoms with van der Waals surface area (Å²) in [5.74, 6) is -1.76. The Balaban J connectivity index is 2.55. The molecule has 7 heteroatoms. The van der Waals surface area contributed by atoms with Crippen molar-refractivity contribution >= 4 is 17.6 Å². The van der Waals surface area contributed by atoms with Gasteiger partial charge < -0.3 is 16.6 Å². The summed E-state index contributed by atoms with van der Waals surface area (Å²) in [6, 6.07) is 4.38. The molecule has 0 spiro atoms. The van der Waals surface area contributed by atoms with Crippen LogP contribution in [0.1, 0.15) is 20.7 Å². The number of nitrogen functional groups attached to an aromatic ring is 1. The number of primary amides is 1. The van der Waals surface area contributed by atoms with Crippen LogP contribution in [0.2, 0.25) is 0 Å². The molecule has 0 bridgehead atoms. The molecule has 1 amide bonds. The minimum Gasteiger partial charge on any atom is -0.478 e. The lowest BCUT2D eigenvalue weighted by molar-refractivity contribution is 0.0696. The molecule has 5 N–H and O–H groups in total. The molecule has 0 unspecified atom stereocenters. The lowest BCUT2D eigenvalue weighted by Crippen LogP contribution is -2.10. The van der Waals surface area contributed by atoms with Crippen LogP contribution in [0.15, 0.2) is 30.6 Å². The van der Waals surface area contributed by atoms with Crippen LogP contribution >= 0.6 is 0 Å². The largest absolute Gasteiger partial charge is 0.478 e. The van der Waals surface area contributed by atoms with Gasteiger partial charge in [0.25, 0.3) is 5.91 Å². The summed E-state index contributed by atoms with van der Waals surface area (Å²) in [7, 11) is 0. The van der Waals surface area contributed by atoms with Gasteiger partial charge in [-0.3, -0.25) is 4.79 Å². The molecule has 2 aromatic rings. The fraction of sp³-hybridized carbons (Fsp3) is 0. The number of anilines is 1. The van der Waals surface area contributed by atoms with Crippen molar-refractivity contribution < 1.29 is 14.7 Å². The first kappa shape index (κ1) is 11.6. The van der Waals surface area contributed by atoms with E-state index in [1.807, 2.05) is 0 Å². The van der Waals surface area contributed by atoms with Crippen LogP contribution in [-0.4, -0.2) is 26.8 Å². The highest BCUT2D eigenvalue weighted by atomic mass is 16.4. The van der Waals surface area contributed by atoms with Gasteiger partial charge in [-0.1, -0.05) is 0 Å². The topological polar surface area (TPSA) is 124 Å². The second-order valence-electron chi connectivity index (χ2n) is 3.62. The summed E-state index contributed by atoms with van der Waals surface area (Å²) < 4.78 is 1.27. The Morgan fingerprint density at radius 2 is 2.06 bits per heavy atom. The molecule has 18 heavy (non-hydrogen) atoms. The predicted molar refractivity (Wildman–Crippen MR) is 63.5 cm³/mol. The van der Waals surface area contributed by atoms with E-state index in [9.17, 15) is 9.59 Å². The van der Waals surface area contributed by atoms with E-state index < -0.39 is 11.9 Å². The van der Waals surface area contributed by atoms with Crippen LogP contribution in [0.25, 0.3) is 5.69 Å². The summed E-state index contributed by atoms with van der Waals surface area (Å²) in [4.78, 5) is 22.1. The molecule has 7 nitrogen and oxygen atoms in total. The number of carbonyl (C=O) groups excluding carboxylic acids is 1. The van der Waals surface area contributed by atoms with Gasteiger partial charge >= 0.3 is 5.97 Å². The molecule has 0 saturated heterocycles. The van der Waals surface area contributed by atoms with Crippen molar-refractivity contribution in [3.63, 3.8) is 0 Å². The predicted octanol–water partition coefficient (Wildman–Crippen LogP) is 0.252. The first-order valence-corrected chi connectivity index (χ1v) is 4.96. The second kappa shape index (κ2) is 4.21. The van der Waals surface area contributed by atoms with Gasteiger partial charge in [0.15, 0.2) is 0 Å². The van der Waals surface area contributed by atoms with Gasteiger partial charge in [0, 0.05) is 11.9 Å². The summed E-state index contributed by atoms with van der Waals surface area (Å²) in [6.07, 6.45) is 2.63. The van der Waals surface area contributed by atoms with Gasteiger partial charge in [0.1, 0.15) is 0 Å². The molecule has 1 aromatic heterocycles. The molecule has 0 fully saturated rings. The molecule has 1 heterocycles. The second-order valence-corrected chi connectivity index (χ2v) is 3.62. The molecule has 0 aliphatic rings. The van der Waals surface area contributed by atoms with Gasteiger partial charge in [-0.15, -0.1) is 0 Å².